The lowest BCUT2D eigenvalue weighted by atomic mass is 10.1. The van der Waals surface area contributed by atoms with Gasteiger partial charge >= 0.3 is 0 Å². The molecule has 0 atom stereocenters. The van der Waals surface area contributed by atoms with E-state index in [4.69, 9.17) is 4.74 Å². The zero-order valence-electron chi connectivity index (χ0n) is 16.7. The standard InChI is InChI=1S/C19H31N5O2.HI/c1-19(2,3)24-16(25)13-23-18(20-4)22-12-14-9-10-17(21-11-14)26-15-7-5-6-8-15;/h9-11,15H,5-8,12-13H2,1-4H3,(H,24,25)(H2,20,22,23);1H. The minimum atomic E-state index is -0.246. The number of aliphatic imine (C=N–C) groups is 1. The minimum Gasteiger partial charge on any atom is -0.474 e. The monoisotopic (exact) mass is 489 g/mol. The zero-order chi connectivity index (χ0) is 19.0. The summed E-state index contributed by atoms with van der Waals surface area (Å²) in [6.45, 7) is 6.59. The topological polar surface area (TPSA) is 87.6 Å². The van der Waals surface area contributed by atoms with E-state index < -0.39 is 0 Å². The molecule has 1 aromatic rings. The van der Waals surface area contributed by atoms with Gasteiger partial charge in [-0.2, -0.15) is 0 Å². The maximum absolute atomic E-state index is 11.9. The largest absolute Gasteiger partial charge is 0.474 e. The summed E-state index contributed by atoms with van der Waals surface area (Å²) < 4.78 is 5.87. The summed E-state index contributed by atoms with van der Waals surface area (Å²) in [5, 5.41) is 9.08. The summed E-state index contributed by atoms with van der Waals surface area (Å²) >= 11 is 0. The number of nitrogens with one attached hydrogen (secondary N) is 3. The van der Waals surface area contributed by atoms with Crippen molar-refractivity contribution in [1.82, 2.24) is 20.9 Å². The van der Waals surface area contributed by atoms with Crippen molar-refractivity contribution >= 4 is 35.8 Å². The average molecular weight is 489 g/mol. The molecule has 1 aromatic heterocycles. The number of aromatic nitrogens is 1. The number of ether oxygens (including phenoxy) is 1. The fraction of sp³-hybridized carbons (Fsp3) is 0.632. The Kier molecular flexibility index (Phi) is 9.82. The quantitative estimate of drug-likeness (QED) is 0.325. The van der Waals surface area contributed by atoms with Crippen LogP contribution in [0.15, 0.2) is 23.3 Å². The predicted octanol–water partition coefficient (Wildman–Crippen LogP) is 2.60. The summed E-state index contributed by atoms with van der Waals surface area (Å²) in [7, 11) is 1.67. The molecule has 0 aliphatic heterocycles. The highest BCUT2D eigenvalue weighted by atomic mass is 127. The van der Waals surface area contributed by atoms with Crippen LogP contribution in [0.4, 0.5) is 0 Å². The highest BCUT2D eigenvalue weighted by molar-refractivity contribution is 14.0. The van der Waals surface area contributed by atoms with Crippen LogP contribution >= 0.6 is 24.0 Å². The first-order valence-electron chi connectivity index (χ1n) is 9.23. The van der Waals surface area contributed by atoms with Gasteiger partial charge in [0, 0.05) is 31.4 Å². The van der Waals surface area contributed by atoms with Crippen LogP contribution in [0.1, 0.15) is 52.0 Å². The summed E-state index contributed by atoms with van der Waals surface area (Å²) in [5.74, 6) is 1.18. The van der Waals surface area contributed by atoms with Crippen molar-refractivity contribution in [3.05, 3.63) is 23.9 Å². The van der Waals surface area contributed by atoms with Crippen LogP contribution in [0.5, 0.6) is 5.88 Å². The van der Waals surface area contributed by atoms with Gasteiger partial charge in [-0.1, -0.05) is 6.07 Å². The lowest BCUT2D eigenvalue weighted by molar-refractivity contribution is -0.121. The van der Waals surface area contributed by atoms with Gasteiger partial charge in [0.15, 0.2) is 5.96 Å². The van der Waals surface area contributed by atoms with Crippen molar-refractivity contribution in [1.29, 1.82) is 0 Å². The Morgan fingerprint density at radius 1 is 1.26 bits per heavy atom. The molecule has 152 valence electrons. The van der Waals surface area contributed by atoms with Crippen molar-refractivity contribution < 1.29 is 9.53 Å². The molecule has 0 bridgehead atoms. The molecule has 1 saturated carbocycles. The molecule has 0 saturated heterocycles. The van der Waals surface area contributed by atoms with Gasteiger partial charge in [0.25, 0.3) is 0 Å². The van der Waals surface area contributed by atoms with E-state index in [9.17, 15) is 4.79 Å². The Balaban J connectivity index is 0.00000364. The predicted molar refractivity (Wildman–Crippen MR) is 119 cm³/mol. The third-order valence-electron chi connectivity index (χ3n) is 4.00. The molecule has 1 aliphatic rings. The molecular weight excluding hydrogens is 457 g/mol. The number of carbonyl (C=O) groups excluding carboxylic acids is 1. The first-order valence-corrected chi connectivity index (χ1v) is 9.23. The normalized spacial score (nSPS) is 15.0. The van der Waals surface area contributed by atoms with E-state index in [1.807, 2.05) is 32.9 Å². The Morgan fingerprint density at radius 3 is 2.52 bits per heavy atom. The molecule has 8 heteroatoms. The fourth-order valence-corrected chi connectivity index (χ4v) is 2.80. The van der Waals surface area contributed by atoms with E-state index in [0.29, 0.717) is 24.5 Å². The van der Waals surface area contributed by atoms with Gasteiger partial charge in [-0.25, -0.2) is 4.98 Å². The van der Waals surface area contributed by atoms with Crippen LogP contribution in [0, 0.1) is 0 Å². The average Bonchev–Trinajstić information content (AvgIpc) is 3.08. The first kappa shape index (κ1) is 23.5. The second-order valence-corrected chi connectivity index (χ2v) is 7.61. The minimum absolute atomic E-state index is 0. The molecule has 3 N–H and O–H groups in total. The number of hydrogen-bond donors (Lipinski definition) is 3. The van der Waals surface area contributed by atoms with Gasteiger partial charge in [0.1, 0.15) is 6.10 Å². The maximum atomic E-state index is 11.9. The zero-order valence-corrected chi connectivity index (χ0v) is 19.0. The molecule has 27 heavy (non-hydrogen) atoms. The van der Waals surface area contributed by atoms with Gasteiger partial charge in [-0.05, 0) is 52.0 Å². The highest BCUT2D eigenvalue weighted by Crippen LogP contribution is 2.22. The maximum Gasteiger partial charge on any atom is 0.239 e. The van der Waals surface area contributed by atoms with Crippen molar-refractivity contribution in [3.8, 4) is 5.88 Å². The van der Waals surface area contributed by atoms with Crippen molar-refractivity contribution in [2.45, 2.75) is 64.6 Å². The molecule has 1 fully saturated rings. The van der Waals surface area contributed by atoms with Gasteiger partial charge < -0.3 is 20.7 Å². The van der Waals surface area contributed by atoms with Crippen LogP contribution < -0.4 is 20.7 Å². The Labute approximate surface area is 179 Å². The van der Waals surface area contributed by atoms with Crippen LogP contribution in [0.2, 0.25) is 0 Å². The molecule has 0 radical (unpaired) electrons. The molecule has 0 aromatic carbocycles. The van der Waals surface area contributed by atoms with Gasteiger partial charge in [-0.15, -0.1) is 24.0 Å². The smallest absolute Gasteiger partial charge is 0.239 e. The van der Waals surface area contributed by atoms with Crippen LogP contribution in [-0.4, -0.2) is 42.1 Å². The number of halogens is 1. The lowest BCUT2D eigenvalue weighted by Crippen LogP contribution is -2.48. The SMILES string of the molecule is CN=C(NCC(=O)NC(C)(C)C)NCc1ccc(OC2CCCC2)nc1.I. The van der Waals surface area contributed by atoms with E-state index in [1.54, 1.807) is 13.2 Å². The second kappa shape index (κ2) is 11.3. The van der Waals surface area contributed by atoms with Crippen molar-refractivity contribution in [2.24, 2.45) is 4.99 Å². The van der Waals surface area contributed by atoms with Crippen molar-refractivity contribution in [3.63, 3.8) is 0 Å². The molecule has 1 amide bonds. The summed E-state index contributed by atoms with van der Waals surface area (Å²) in [6, 6.07) is 3.90. The lowest BCUT2D eigenvalue weighted by Gasteiger charge is -2.21. The Morgan fingerprint density at radius 2 is 1.96 bits per heavy atom. The van der Waals surface area contributed by atoms with Crippen LogP contribution in [0.25, 0.3) is 0 Å². The number of carbonyl (C=O) groups is 1. The van der Waals surface area contributed by atoms with Crippen molar-refractivity contribution in [2.75, 3.05) is 13.6 Å². The van der Waals surface area contributed by atoms with E-state index in [0.717, 1.165) is 18.4 Å². The summed E-state index contributed by atoms with van der Waals surface area (Å²) in [6.07, 6.45) is 6.84. The molecule has 0 unspecified atom stereocenters. The molecule has 0 spiro atoms. The third-order valence-corrected chi connectivity index (χ3v) is 4.00. The Bertz CT molecular complexity index is 608. The van der Waals surface area contributed by atoms with E-state index in [1.165, 1.54) is 12.8 Å². The highest BCUT2D eigenvalue weighted by Gasteiger charge is 2.17. The van der Waals surface area contributed by atoms with Crippen LogP contribution in [0.3, 0.4) is 0 Å². The van der Waals surface area contributed by atoms with E-state index in [-0.39, 0.29) is 42.0 Å². The molecule has 7 nitrogen and oxygen atoms in total. The van der Waals surface area contributed by atoms with Crippen LogP contribution in [-0.2, 0) is 11.3 Å². The number of rotatable bonds is 6. The number of nitrogens with zero attached hydrogens (tertiary/aromatic N) is 2. The Hall–Kier alpha value is -1.58. The molecule has 2 rings (SSSR count). The summed E-state index contributed by atoms with van der Waals surface area (Å²) in [5.41, 5.74) is 0.773. The van der Waals surface area contributed by atoms with Gasteiger partial charge in [0.2, 0.25) is 11.8 Å². The molecule has 1 aliphatic carbocycles. The first-order chi connectivity index (χ1) is 12.4. The second-order valence-electron chi connectivity index (χ2n) is 7.61. The number of pyridine rings is 1. The van der Waals surface area contributed by atoms with E-state index in [2.05, 4.69) is 25.9 Å². The molecular formula is C19H32IN5O2. The fourth-order valence-electron chi connectivity index (χ4n) is 2.80. The number of hydrogen-bond acceptors (Lipinski definition) is 4. The van der Waals surface area contributed by atoms with Gasteiger partial charge in [0.05, 0.1) is 6.54 Å². The number of amides is 1. The number of guanidine groups is 1. The third kappa shape index (κ3) is 9.25. The van der Waals surface area contributed by atoms with E-state index >= 15 is 0 Å². The summed E-state index contributed by atoms with van der Waals surface area (Å²) in [4.78, 5) is 20.4. The van der Waals surface area contributed by atoms with Gasteiger partial charge in [-0.3, -0.25) is 9.79 Å². The molecule has 1 heterocycles.